The second-order valence-electron chi connectivity index (χ2n) is 5.41. The SMILES string of the molecule is CCOc1cc(CNCCOC)c(Cl)cc1OCc1ccc(Cl)cc1. The van der Waals surface area contributed by atoms with Crippen LogP contribution in [0.15, 0.2) is 36.4 Å². The van der Waals surface area contributed by atoms with E-state index < -0.39 is 0 Å². The number of benzene rings is 2. The smallest absolute Gasteiger partial charge is 0.163 e. The van der Waals surface area contributed by atoms with Crippen LogP contribution in [0.2, 0.25) is 10.0 Å². The van der Waals surface area contributed by atoms with Gasteiger partial charge in [-0.2, -0.15) is 0 Å². The fraction of sp³-hybridized carbons (Fsp3) is 0.368. The van der Waals surface area contributed by atoms with E-state index >= 15 is 0 Å². The summed E-state index contributed by atoms with van der Waals surface area (Å²) in [5.41, 5.74) is 1.98. The van der Waals surface area contributed by atoms with Crippen LogP contribution in [0, 0.1) is 0 Å². The van der Waals surface area contributed by atoms with Gasteiger partial charge in [-0.1, -0.05) is 35.3 Å². The van der Waals surface area contributed by atoms with Gasteiger partial charge in [0.2, 0.25) is 0 Å². The van der Waals surface area contributed by atoms with Gasteiger partial charge in [0.05, 0.1) is 13.2 Å². The Bertz CT molecular complexity index is 662. The van der Waals surface area contributed by atoms with Crippen LogP contribution in [0.1, 0.15) is 18.1 Å². The molecule has 1 N–H and O–H groups in total. The van der Waals surface area contributed by atoms with Gasteiger partial charge in [-0.15, -0.1) is 0 Å². The highest BCUT2D eigenvalue weighted by molar-refractivity contribution is 6.31. The van der Waals surface area contributed by atoms with E-state index in [9.17, 15) is 0 Å². The molecular weight excluding hydrogens is 361 g/mol. The van der Waals surface area contributed by atoms with Gasteiger partial charge in [0.1, 0.15) is 6.61 Å². The lowest BCUT2D eigenvalue weighted by atomic mass is 10.2. The van der Waals surface area contributed by atoms with Gasteiger partial charge in [0, 0.05) is 36.3 Å². The van der Waals surface area contributed by atoms with Crippen LogP contribution in [0.5, 0.6) is 11.5 Å². The topological polar surface area (TPSA) is 39.7 Å². The zero-order valence-corrected chi connectivity index (χ0v) is 16.0. The molecule has 0 aliphatic rings. The summed E-state index contributed by atoms with van der Waals surface area (Å²) in [6.07, 6.45) is 0. The summed E-state index contributed by atoms with van der Waals surface area (Å²) >= 11 is 12.3. The molecule has 2 aromatic rings. The van der Waals surface area contributed by atoms with Crippen molar-refractivity contribution in [3.8, 4) is 11.5 Å². The van der Waals surface area contributed by atoms with Gasteiger partial charge < -0.3 is 19.5 Å². The average Bonchev–Trinajstić information content (AvgIpc) is 2.61. The molecule has 0 amide bonds. The van der Waals surface area contributed by atoms with Gasteiger partial charge in [-0.3, -0.25) is 0 Å². The molecule has 25 heavy (non-hydrogen) atoms. The summed E-state index contributed by atoms with van der Waals surface area (Å²) in [5.74, 6) is 1.31. The van der Waals surface area contributed by atoms with Crippen molar-refractivity contribution in [2.45, 2.75) is 20.1 Å². The van der Waals surface area contributed by atoms with Crippen LogP contribution < -0.4 is 14.8 Å². The third-order valence-corrected chi connectivity index (χ3v) is 4.12. The Morgan fingerprint density at radius 2 is 1.72 bits per heavy atom. The van der Waals surface area contributed by atoms with E-state index in [-0.39, 0.29) is 0 Å². The Labute approximate surface area is 159 Å². The monoisotopic (exact) mass is 383 g/mol. The van der Waals surface area contributed by atoms with Gasteiger partial charge in [0.25, 0.3) is 0 Å². The van der Waals surface area contributed by atoms with Crippen molar-refractivity contribution < 1.29 is 14.2 Å². The molecule has 0 spiro atoms. The van der Waals surface area contributed by atoms with E-state index in [0.29, 0.717) is 47.9 Å². The summed E-state index contributed by atoms with van der Waals surface area (Å²) in [4.78, 5) is 0. The number of ether oxygens (including phenoxy) is 3. The van der Waals surface area contributed by atoms with Crippen molar-refractivity contribution >= 4 is 23.2 Å². The van der Waals surface area contributed by atoms with E-state index in [0.717, 1.165) is 17.7 Å². The molecule has 0 saturated carbocycles. The lowest BCUT2D eigenvalue weighted by Crippen LogP contribution is -2.18. The van der Waals surface area contributed by atoms with Crippen LogP contribution in [0.25, 0.3) is 0 Å². The molecule has 0 aliphatic heterocycles. The highest BCUT2D eigenvalue weighted by atomic mass is 35.5. The third kappa shape index (κ3) is 6.40. The zero-order chi connectivity index (χ0) is 18.1. The van der Waals surface area contributed by atoms with E-state index in [1.54, 1.807) is 13.2 Å². The van der Waals surface area contributed by atoms with Crippen LogP contribution in [-0.4, -0.2) is 26.9 Å². The van der Waals surface area contributed by atoms with Crippen molar-refractivity contribution in [2.75, 3.05) is 26.9 Å². The average molecular weight is 384 g/mol. The highest BCUT2D eigenvalue weighted by Gasteiger charge is 2.11. The van der Waals surface area contributed by atoms with Crippen LogP contribution in [-0.2, 0) is 17.9 Å². The first-order valence-corrected chi connectivity index (χ1v) is 8.91. The normalized spacial score (nSPS) is 10.7. The third-order valence-electron chi connectivity index (χ3n) is 3.52. The number of hydrogen-bond donors (Lipinski definition) is 1. The molecule has 0 fully saturated rings. The van der Waals surface area contributed by atoms with Crippen molar-refractivity contribution in [3.05, 3.63) is 57.6 Å². The molecule has 2 rings (SSSR count). The Morgan fingerprint density at radius 3 is 2.40 bits per heavy atom. The second-order valence-corrected chi connectivity index (χ2v) is 6.25. The standard InChI is InChI=1S/C19H23Cl2NO3/c1-3-24-18-10-15(12-22-8-9-23-2)17(21)11-19(18)25-13-14-4-6-16(20)7-5-14/h4-7,10-11,22H,3,8-9,12-13H2,1-2H3. The molecule has 4 nitrogen and oxygen atoms in total. The van der Waals surface area contributed by atoms with Crippen LogP contribution in [0.4, 0.5) is 0 Å². The molecule has 2 aromatic carbocycles. The molecule has 0 heterocycles. The van der Waals surface area contributed by atoms with Gasteiger partial charge in [-0.25, -0.2) is 0 Å². The lowest BCUT2D eigenvalue weighted by Gasteiger charge is -2.15. The number of hydrogen-bond acceptors (Lipinski definition) is 4. The number of halogens is 2. The molecule has 0 atom stereocenters. The van der Waals surface area contributed by atoms with E-state index in [1.165, 1.54) is 0 Å². The Morgan fingerprint density at radius 1 is 1.00 bits per heavy atom. The minimum absolute atomic E-state index is 0.416. The summed E-state index contributed by atoms with van der Waals surface area (Å²) in [5, 5.41) is 4.62. The van der Waals surface area contributed by atoms with E-state index in [2.05, 4.69) is 5.32 Å². The molecule has 0 bridgehead atoms. The number of methoxy groups -OCH3 is 1. The Kier molecular flexibility index (Phi) is 8.35. The highest BCUT2D eigenvalue weighted by Crippen LogP contribution is 2.34. The molecule has 0 unspecified atom stereocenters. The first-order valence-electron chi connectivity index (χ1n) is 8.16. The lowest BCUT2D eigenvalue weighted by molar-refractivity contribution is 0.199. The fourth-order valence-corrected chi connectivity index (χ4v) is 2.58. The van der Waals surface area contributed by atoms with Crippen molar-refractivity contribution in [3.63, 3.8) is 0 Å². The molecule has 136 valence electrons. The second kappa shape index (κ2) is 10.5. The van der Waals surface area contributed by atoms with Crippen LogP contribution in [0.3, 0.4) is 0 Å². The first kappa shape index (κ1) is 19.9. The fourth-order valence-electron chi connectivity index (χ4n) is 2.23. The summed E-state index contributed by atoms with van der Waals surface area (Å²) in [6.45, 7) is 4.95. The number of rotatable bonds is 10. The maximum atomic E-state index is 6.39. The maximum absolute atomic E-state index is 6.39. The molecule has 0 radical (unpaired) electrons. The minimum Gasteiger partial charge on any atom is -0.490 e. The molecule has 6 heteroatoms. The Hall–Kier alpha value is -1.46. The quantitative estimate of drug-likeness (QED) is 0.603. The summed E-state index contributed by atoms with van der Waals surface area (Å²) in [7, 11) is 1.68. The van der Waals surface area contributed by atoms with Crippen molar-refractivity contribution in [1.29, 1.82) is 0 Å². The van der Waals surface area contributed by atoms with E-state index in [1.807, 2.05) is 37.3 Å². The molecule has 0 aromatic heterocycles. The first-order chi connectivity index (χ1) is 12.1. The van der Waals surface area contributed by atoms with E-state index in [4.69, 9.17) is 37.4 Å². The predicted octanol–water partition coefficient (Wildman–Crippen LogP) is 4.71. The van der Waals surface area contributed by atoms with Gasteiger partial charge >= 0.3 is 0 Å². The minimum atomic E-state index is 0.416. The number of nitrogens with one attached hydrogen (secondary N) is 1. The summed E-state index contributed by atoms with van der Waals surface area (Å²) in [6, 6.07) is 11.3. The summed E-state index contributed by atoms with van der Waals surface area (Å²) < 4.78 is 16.6. The van der Waals surface area contributed by atoms with Gasteiger partial charge in [-0.05, 0) is 36.2 Å². The molecule has 0 aliphatic carbocycles. The van der Waals surface area contributed by atoms with Gasteiger partial charge in [0.15, 0.2) is 11.5 Å². The zero-order valence-electron chi connectivity index (χ0n) is 14.5. The predicted molar refractivity (Wildman–Crippen MR) is 102 cm³/mol. The molecule has 0 saturated heterocycles. The Balaban J connectivity index is 2.07. The van der Waals surface area contributed by atoms with Crippen molar-refractivity contribution in [2.24, 2.45) is 0 Å². The van der Waals surface area contributed by atoms with Crippen molar-refractivity contribution in [1.82, 2.24) is 5.32 Å². The molecular formula is C19H23Cl2NO3. The maximum Gasteiger partial charge on any atom is 0.163 e. The largest absolute Gasteiger partial charge is 0.490 e. The van der Waals surface area contributed by atoms with Crippen LogP contribution >= 0.6 is 23.2 Å².